The summed E-state index contributed by atoms with van der Waals surface area (Å²) in [5.74, 6) is 0. The molecule has 1 aromatic carbocycles. The molecule has 0 radical (unpaired) electrons. The Labute approximate surface area is 124 Å². The summed E-state index contributed by atoms with van der Waals surface area (Å²) >= 11 is 0. The van der Waals surface area contributed by atoms with Crippen molar-refractivity contribution in [1.29, 1.82) is 0 Å². The molecule has 1 aromatic rings. The van der Waals surface area contributed by atoms with Crippen molar-refractivity contribution < 1.29 is 0 Å². The highest BCUT2D eigenvalue weighted by Gasteiger charge is 2.38. The van der Waals surface area contributed by atoms with Gasteiger partial charge in [0.05, 0.1) is 0 Å². The molecule has 1 aliphatic heterocycles. The molecule has 1 N–H and O–H groups in total. The average molecular weight is 274 g/mol. The fourth-order valence-corrected chi connectivity index (χ4v) is 3.69. The maximum atomic E-state index is 3.53. The number of rotatable bonds is 5. The van der Waals surface area contributed by atoms with Crippen molar-refractivity contribution in [2.45, 2.75) is 52.1 Å². The van der Waals surface area contributed by atoms with Crippen LogP contribution in [-0.4, -0.2) is 30.6 Å². The fourth-order valence-electron chi connectivity index (χ4n) is 3.69. The van der Waals surface area contributed by atoms with Gasteiger partial charge in [-0.2, -0.15) is 0 Å². The number of hydrogen-bond donors (Lipinski definition) is 1. The minimum atomic E-state index is 0.206. The molecule has 0 amide bonds. The normalized spacial score (nSPS) is 21.1. The topological polar surface area (TPSA) is 15.3 Å². The Morgan fingerprint density at radius 2 is 1.90 bits per heavy atom. The predicted octanol–water partition coefficient (Wildman–Crippen LogP) is 3.85. The third-order valence-corrected chi connectivity index (χ3v) is 4.87. The van der Waals surface area contributed by atoms with Gasteiger partial charge in [-0.15, -0.1) is 0 Å². The molecule has 112 valence electrons. The van der Waals surface area contributed by atoms with E-state index < -0.39 is 0 Å². The molecule has 2 rings (SSSR count). The van der Waals surface area contributed by atoms with Crippen LogP contribution >= 0.6 is 0 Å². The maximum absolute atomic E-state index is 3.53. The summed E-state index contributed by atoms with van der Waals surface area (Å²) in [5.41, 5.74) is 1.95. The van der Waals surface area contributed by atoms with Gasteiger partial charge in [-0.05, 0) is 51.3 Å². The molecule has 0 saturated carbocycles. The van der Waals surface area contributed by atoms with Crippen molar-refractivity contribution in [2.24, 2.45) is 5.41 Å². The third kappa shape index (κ3) is 3.24. The second kappa shape index (κ2) is 5.87. The van der Waals surface area contributed by atoms with E-state index in [1.54, 1.807) is 0 Å². The second-order valence-electron chi connectivity index (χ2n) is 7.46. The molecule has 1 unspecified atom stereocenters. The molecule has 1 atom stereocenters. The first kappa shape index (κ1) is 15.5. The zero-order valence-corrected chi connectivity index (χ0v) is 13.7. The minimum Gasteiger partial charge on any atom is -0.313 e. The Morgan fingerprint density at radius 1 is 1.25 bits per heavy atom. The summed E-state index contributed by atoms with van der Waals surface area (Å²) in [7, 11) is 2.08. The summed E-state index contributed by atoms with van der Waals surface area (Å²) in [6, 6.07) is 11.2. The van der Waals surface area contributed by atoms with Crippen LogP contribution in [0.5, 0.6) is 0 Å². The molecule has 20 heavy (non-hydrogen) atoms. The van der Waals surface area contributed by atoms with Crippen LogP contribution in [0.3, 0.4) is 0 Å². The summed E-state index contributed by atoms with van der Waals surface area (Å²) in [6.45, 7) is 11.9. The van der Waals surface area contributed by atoms with Gasteiger partial charge in [-0.25, -0.2) is 0 Å². The highest BCUT2D eigenvalue weighted by molar-refractivity contribution is 5.21. The molecule has 1 fully saturated rings. The van der Waals surface area contributed by atoms with E-state index in [4.69, 9.17) is 0 Å². The van der Waals surface area contributed by atoms with Crippen LogP contribution in [0.15, 0.2) is 30.3 Å². The van der Waals surface area contributed by atoms with Gasteiger partial charge >= 0.3 is 0 Å². The van der Waals surface area contributed by atoms with Gasteiger partial charge in [0.2, 0.25) is 0 Å². The van der Waals surface area contributed by atoms with Gasteiger partial charge in [-0.3, -0.25) is 4.90 Å². The molecule has 1 aliphatic rings. The van der Waals surface area contributed by atoms with Crippen molar-refractivity contribution >= 4 is 0 Å². The van der Waals surface area contributed by atoms with Crippen LogP contribution in [0.25, 0.3) is 0 Å². The Kier molecular flexibility index (Phi) is 4.55. The number of likely N-dealkylation sites (tertiary alicyclic amines) is 1. The molecule has 1 heterocycles. The molecule has 0 aromatic heterocycles. The first-order valence-electron chi connectivity index (χ1n) is 7.84. The van der Waals surface area contributed by atoms with Crippen LogP contribution in [-0.2, 0) is 0 Å². The largest absolute Gasteiger partial charge is 0.313 e. The summed E-state index contributed by atoms with van der Waals surface area (Å²) < 4.78 is 0. The van der Waals surface area contributed by atoms with Crippen molar-refractivity contribution in [2.75, 3.05) is 20.1 Å². The second-order valence-corrected chi connectivity index (χ2v) is 7.46. The minimum absolute atomic E-state index is 0.206. The highest BCUT2D eigenvalue weighted by Crippen LogP contribution is 2.38. The number of benzene rings is 1. The van der Waals surface area contributed by atoms with Crippen LogP contribution in [0.4, 0.5) is 0 Å². The molecule has 1 saturated heterocycles. The quantitative estimate of drug-likeness (QED) is 0.877. The van der Waals surface area contributed by atoms with E-state index in [0.29, 0.717) is 11.6 Å². The standard InChI is InChI=1S/C18H30N2/c1-17(2,14-20-13-9-12-18(20,3)4)16(19-5)15-10-7-6-8-11-15/h6-8,10-11,16,19H,9,12-14H2,1-5H3. The summed E-state index contributed by atoms with van der Waals surface area (Å²) in [5, 5.41) is 3.53. The van der Waals surface area contributed by atoms with E-state index in [0.717, 1.165) is 6.54 Å². The Bertz CT molecular complexity index is 422. The third-order valence-electron chi connectivity index (χ3n) is 4.87. The van der Waals surface area contributed by atoms with E-state index in [1.807, 2.05) is 0 Å². The van der Waals surface area contributed by atoms with Crippen LogP contribution in [0, 0.1) is 5.41 Å². The molecule has 2 heteroatoms. The lowest BCUT2D eigenvalue weighted by Crippen LogP contribution is -2.47. The Balaban J connectivity index is 2.16. The monoisotopic (exact) mass is 274 g/mol. The zero-order valence-electron chi connectivity index (χ0n) is 13.7. The average Bonchev–Trinajstić information content (AvgIpc) is 2.70. The van der Waals surface area contributed by atoms with Crippen LogP contribution in [0.2, 0.25) is 0 Å². The van der Waals surface area contributed by atoms with Crippen molar-refractivity contribution in [3.05, 3.63) is 35.9 Å². The lowest BCUT2D eigenvalue weighted by molar-refractivity contribution is 0.0905. The molecule has 0 bridgehead atoms. The van der Waals surface area contributed by atoms with Gasteiger partial charge < -0.3 is 5.32 Å². The Hall–Kier alpha value is -0.860. The number of nitrogens with zero attached hydrogens (tertiary/aromatic N) is 1. The van der Waals surface area contributed by atoms with Gasteiger partial charge in [0.15, 0.2) is 0 Å². The first-order valence-corrected chi connectivity index (χ1v) is 7.84. The fraction of sp³-hybridized carbons (Fsp3) is 0.667. The summed E-state index contributed by atoms with van der Waals surface area (Å²) in [6.07, 6.45) is 2.65. The molecule has 2 nitrogen and oxygen atoms in total. The van der Waals surface area contributed by atoms with Gasteiger partial charge in [0, 0.05) is 18.1 Å². The predicted molar refractivity (Wildman–Crippen MR) is 86.9 cm³/mol. The lowest BCUT2D eigenvalue weighted by atomic mass is 9.79. The SMILES string of the molecule is CNC(c1ccccc1)C(C)(C)CN1CCCC1(C)C. The van der Waals surface area contributed by atoms with E-state index >= 15 is 0 Å². The van der Waals surface area contributed by atoms with E-state index in [1.165, 1.54) is 24.9 Å². The van der Waals surface area contributed by atoms with Crippen molar-refractivity contribution in [1.82, 2.24) is 10.2 Å². The smallest absolute Gasteiger partial charge is 0.0381 e. The summed E-state index contributed by atoms with van der Waals surface area (Å²) in [4.78, 5) is 2.67. The molecular weight excluding hydrogens is 244 g/mol. The van der Waals surface area contributed by atoms with Gasteiger partial charge in [0.25, 0.3) is 0 Å². The van der Waals surface area contributed by atoms with Crippen LogP contribution in [0.1, 0.15) is 52.1 Å². The van der Waals surface area contributed by atoms with E-state index in [9.17, 15) is 0 Å². The number of hydrogen-bond acceptors (Lipinski definition) is 2. The first-order chi connectivity index (χ1) is 9.37. The van der Waals surface area contributed by atoms with E-state index in [-0.39, 0.29) is 5.41 Å². The lowest BCUT2D eigenvalue weighted by Gasteiger charge is -2.42. The van der Waals surface area contributed by atoms with Crippen molar-refractivity contribution in [3.8, 4) is 0 Å². The molecular formula is C18H30N2. The molecule has 0 spiro atoms. The van der Waals surface area contributed by atoms with Gasteiger partial charge in [-0.1, -0.05) is 44.2 Å². The van der Waals surface area contributed by atoms with Crippen molar-refractivity contribution in [3.63, 3.8) is 0 Å². The Morgan fingerprint density at radius 3 is 2.40 bits per heavy atom. The van der Waals surface area contributed by atoms with E-state index in [2.05, 4.69) is 75.3 Å². The highest BCUT2D eigenvalue weighted by atomic mass is 15.2. The van der Waals surface area contributed by atoms with Gasteiger partial charge in [0.1, 0.15) is 0 Å². The maximum Gasteiger partial charge on any atom is 0.0381 e. The molecule has 0 aliphatic carbocycles. The zero-order chi connectivity index (χ0) is 14.8. The number of nitrogens with one attached hydrogen (secondary N) is 1. The van der Waals surface area contributed by atoms with Crippen LogP contribution < -0.4 is 5.32 Å².